The van der Waals surface area contributed by atoms with E-state index in [4.69, 9.17) is 4.74 Å². The van der Waals surface area contributed by atoms with Crippen LogP contribution in [0, 0.1) is 0 Å². The predicted molar refractivity (Wildman–Crippen MR) is 68.7 cm³/mol. The van der Waals surface area contributed by atoms with Crippen LogP contribution in [0.4, 0.5) is 0 Å². The summed E-state index contributed by atoms with van der Waals surface area (Å²) in [4.78, 5) is 11.8. The molecule has 0 aromatic carbocycles. The van der Waals surface area contributed by atoms with Crippen molar-refractivity contribution in [2.24, 2.45) is 0 Å². The summed E-state index contributed by atoms with van der Waals surface area (Å²) >= 11 is 6.61. The van der Waals surface area contributed by atoms with E-state index in [0.29, 0.717) is 17.6 Å². The number of hydrogen-bond acceptors (Lipinski definition) is 3. The van der Waals surface area contributed by atoms with E-state index in [1.165, 1.54) is 0 Å². The second kappa shape index (κ2) is 5.44. The molecule has 1 fully saturated rings. The lowest BCUT2D eigenvalue weighted by Crippen LogP contribution is -2.42. The minimum absolute atomic E-state index is 0.0302. The van der Waals surface area contributed by atoms with Gasteiger partial charge in [0, 0.05) is 23.8 Å². The molecular formula is C10H12Br2N2O2. The zero-order chi connectivity index (χ0) is 11.5. The number of ether oxygens (including phenoxy) is 1. The van der Waals surface area contributed by atoms with Crippen LogP contribution in [0.2, 0.25) is 0 Å². The van der Waals surface area contributed by atoms with Crippen LogP contribution in [0.1, 0.15) is 0 Å². The number of rotatable bonds is 2. The third-order valence-corrected chi connectivity index (χ3v) is 3.42. The van der Waals surface area contributed by atoms with Gasteiger partial charge in [0.1, 0.15) is 0 Å². The molecule has 0 saturated carbocycles. The molecule has 16 heavy (non-hydrogen) atoms. The monoisotopic (exact) mass is 350 g/mol. The van der Waals surface area contributed by atoms with Crippen LogP contribution in [-0.2, 0) is 11.3 Å². The van der Waals surface area contributed by atoms with Crippen LogP contribution in [0.15, 0.2) is 26.0 Å². The van der Waals surface area contributed by atoms with E-state index in [9.17, 15) is 4.79 Å². The molecule has 88 valence electrons. The van der Waals surface area contributed by atoms with Crippen molar-refractivity contribution in [2.75, 3.05) is 19.7 Å². The highest BCUT2D eigenvalue weighted by atomic mass is 79.9. The third-order valence-electron chi connectivity index (χ3n) is 2.41. The molecule has 1 atom stereocenters. The summed E-state index contributed by atoms with van der Waals surface area (Å²) in [6.45, 7) is 2.95. The van der Waals surface area contributed by atoms with Gasteiger partial charge in [-0.2, -0.15) is 0 Å². The Hall–Kier alpha value is -0.170. The molecule has 2 heterocycles. The minimum Gasteiger partial charge on any atom is -0.374 e. The molecule has 1 aromatic heterocycles. The fourth-order valence-electron chi connectivity index (χ4n) is 1.66. The van der Waals surface area contributed by atoms with Gasteiger partial charge in [-0.25, -0.2) is 0 Å². The number of halogens is 2. The first kappa shape index (κ1) is 12.3. The van der Waals surface area contributed by atoms with Crippen LogP contribution in [-0.4, -0.2) is 30.4 Å². The summed E-state index contributed by atoms with van der Waals surface area (Å²) in [6.07, 6.45) is 1.85. The first-order valence-electron chi connectivity index (χ1n) is 5.04. The van der Waals surface area contributed by atoms with Gasteiger partial charge in [-0.15, -0.1) is 0 Å². The Bertz CT molecular complexity index is 427. The van der Waals surface area contributed by atoms with Crippen LogP contribution in [0.3, 0.4) is 0 Å². The Morgan fingerprint density at radius 2 is 2.38 bits per heavy atom. The Balaban J connectivity index is 2.17. The Morgan fingerprint density at radius 1 is 1.56 bits per heavy atom. The first-order valence-corrected chi connectivity index (χ1v) is 6.63. The number of pyridine rings is 1. The highest BCUT2D eigenvalue weighted by molar-refractivity contribution is 9.11. The second-order valence-electron chi connectivity index (χ2n) is 3.66. The molecule has 1 unspecified atom stereocenters. The van der Waals surface area contributed by atoms with E-state index >= 15 is 0 Å². The highest BCUT2D eigenvalue weighted by Crippen LogP contribution is 2.13. The molecule has 0 spiro atoms. The average Bonchev–Trinajstić information content (AvgIpc) is 2.27. The zero-order valence-corrected chi connectivity index (χ0v) is 11.8. The largest absolute Gasteiger partial charge is 0.374 e. The van der Waals surface area contributed by atoms with E-state index in [0.717, 1.165) is 17.6 Å². The molecule has 1 aliphatic rings. The van der Waals surface area contributed by atoms with Gasteiger partial charge in [0.2, 0.25) is 0 Å². The summed E-state index contributed by atoms with van der Waals surface area (Å²) in [5.74, 6) is 0. The van der Waals surface area contributed by atoms with E-state index < -0.39 is 0 Å². The number of nitrogens with zero attached hydrogens (tertiary/aromatic N) is 1. The lowest BCUT2D eigenvalue weighted by molar-refractivity contribution is 0.0176. The second-order valence-corrected chi connectivity index (χ2v) is 5.43. The Kier molecular flexibility index (Phi) is 4.18. The van der Waals surface area contributed by atoms with Gasteiger partial charge in [0.25, 0.3) is 5.56 Å². The molecule has 1 N–H and O–H groups in total. The maximum atomic E-state index is 11.8. The van der Waals surface area contributed by atoms with Crippen molar-refractivity contribution in [3.63, 3.8) is 0 Å². The number of aromatic nitrogens is 1. The molecule has 0 aliphatic carbocycles. The van der Waals surface area contributed by atoms with E-state index in [1.807, 2.05) is 0 Å². The molecule has 1 aromatic rings. The molecule has 0 amide bonds. The summed E-state index contributed by atoms with van der Waals surface area (Å²) in [7, 11) is 0. The Labute approximate surface area is 110 Å². The van der Waals surface area contributed by atoms with Gasteiger partial charge in [-0.05, 0) is 37.9 Å². The standard InChI is InChI=1S/C10H12Br2N2O2/c11-7-3-9(12)10(15)14(5-7)6-8-4-13-1-2-16-8/h3,5,8,13H,1-2,4,6H2. The number of morpholine rings is 1. The Morgan fingerprint density at radius 3 is 3.06 bits per heavy atom. The average molecular weight is 352 g/mol. The SMILES string of the molecule is O=c1c(Br)cc(Br)cn1CC1CNCCO1. The van der Waals surface area contributed by atoms with Gasteiger partial charge < -0.3 is 14.6 Å². The van der Waals surface area contributed by atoms with Crippen molar-refractivity contribution in [1.29, 1.82) is 0 Å². The maximum absolute atomic E-state index is 11.8. The fourth-order valence-corrected chi connectivity index (χ4v) is 2.91. The molecule has 6 heteroatoms. The smallest absolute Gasteiger partial charge is 0.264 e. The van der Waals surface area contributed by atoms with Crippen molar-refractivity contribution < 1.29 is 4.74 Å². The van der Waals surface area contributed by atoms with Crippen molar-refractivity contribution >= 4 is 31.9 Å². The van der Waals surface area contributed by atoms with Gasteiger partial charge >= 0.3 is 0 Å². The quantitative estimate of drug-likeness (QED) is 0.875. The van der Waals surface area contributed by atoms with Gasteiger partial charge in [0.15, 0.2) is 0 Å². The van der Waals surface area contributed by atoms with E-state index in [1.54, 1.807) is 16.8 Å². The molecule has 2 rings (SSSR count). The molecule has 4 nitrogen and oxygen atoms in total. The lowest BCUT2D eigenvalue weighted by Gasteiger charge is -2.24. The normalized spacial score (nSPS) is 21.0. The van der Waals surface area contributed by atoms with Crippen molar-refractivity contribution in [3.8, 4) is 0 Å². The lowest BCUT2D eigenvalue weighted by atomic mass is 10.3. The molecule has 1 saturated heterocycles. The summed E-state index contributed by atoms with van der Waals surface area (Å²) in [5, 5.41) is 3.24. The van der Waals surface area contributed by atoms with Crippen LogP contribution < -0.4 is 10.9 Å². The van der Waals surface area contributed by atoms with Gasteiger partial charge in [-0.3, -0.25) is 4.79 Å². The van der Waals surface area contributed by atoms with Crippen molar-refractivity contribution in [2.45, 2.75) is 12.6 Å². The number of nitrogens with one attached hydrogen (secondary N) is 1. The molecule has 0 radical (unpaired) electrons. The minimum atomic E-state index is -0.0302. The van der Waals surface area contributed by atoms with Crippen LogP contribution in [0.25, 0.3) is 0 Å². The molecule has 1 aliphatic heterocycles. The topological polar surface area (TPSA) is 43.3 Å². The zero-order valence-electron chi connectivity index (χ0n) is 8.58. The van der Waals surface area contributed by atoms with Gasteiger partial charge in [-0.1, -0.05) is 0 Å². The maximum Gasteiger partial charge on any atom is 0.264 e. The van der Waals surface area contributed by atoms with Crippen LogP contribution in [0.5, 0.6) is 0 Å². The number of hydrogen-bond donors (Lipinski definition) is 1. The predicted octanol–water partition coefficient (Wildman–Crippen LogP) is 1.36. The van der Waals surface area contributed by atoms with Crippen LogP contribution >= 0.6 is 31.9 Å². The summed E-state index contributed by atoms with van der Waals surface area (Å²) in [6, 6.07) is 1.75. The molecule has 0 bridgehead atoms. The fraction of sp³-hybridized carbons (Fsp3) is 0.500. The van der Waals surface area contributed by atoms with E-state index in [-0.39, 0.29) is 11.7 Å². The summed E-state index contributed by atoms with van der Waals surface area (Å²) in [5.41, 5.74) is -0.0302. The van der Waals surface area contributed by atoms with Gasteiger partial charge in [0.05, 0.1) is 23.7 Å². The van der Waals surface area contributed by atoms with Crippen molar-refractivity contribution in [1.82, 2.24) is 9.88 Å². The van der Waals surface area contributed by atoms with E-state index in [2.05, 4.69) is 37.2 Å². The third kappa shape index (κ3) is 2.94. The first-order chi connectivity index (χ1) is 7.66. The van der Waals surface area contributed by atoms with Crippen molar-refractivity contribution in [3.05, 3.63) is 31.6 Å². The summed E-state index contributed by atoms with van der Waals surface area (Å²) < 4.78 is 8.66. The molecular weight excluding hydrogens is 340 g/mol. The highest BCUT2D eigenvalue weighted by Gasteiger charge is 2.15.